The number of hydrogen-bond acceptors (Lipinski definition) is 4. The van der Waals surface area contributed by atoms with Gasteiger partial charge in [-0.2, -0.15) is 0 Å². The fourth-order valence-electron chi connectivity index (χ4n) is 3.30. The number of aliphatic hydroxyl groups excluding tert-OH is 1. The van der Waals surface area contributed by atoms with Crippen molar-refractivity contribution in [2.75, 3.05) is 19.1 Å². The normalized spacial score (nSPS) is 16.8. The average Bonchev–Trinajstić information content (AvgIpc) is 2.84. The molecule has 1 N–H and O–H groups in total. The molecule has 0 fully saturated rings. The summed E-state index contributed by atoms with van der Waals surface area (Å²) in [5, 5.41) is 11.9. The van der Waals surface area contributed by atoms with E-state index in [4.69, 9.17) is 9.47 Å². The first-order chi connectivity index (χ1) is 11.8. The SMILES string of the molecule is COc1cc([Si](C)(C)C)c2c(c1OC)C(O)N(c1ccccc1)C2=O. The minimum atomic E-state index is -1.87. The summed E-state index contributed by atoms with van der Waals surface area (Å²) in [4.78, 5) is 14.6. The Morgan fingerprint density at radius 3 is 2.24 bits per heavy atom. The summed E-state index contributed by atoms with van der Waals surface area (Å²) >= 11 is 0. The van der Waals surface area contributed by atoms with Gasteiger partial charge in [0.1, 0.15) is 0 Å². The first-order valence-electron chi connectivity index (χ1n) is 8.17. The number of methoxy groups -OCH3 is 2. The maximum atomic E-state index is 13.2. The fraction of sp³-hybridized carbons (Fsp3) is 0.316. The molecule has 25 heavy (non-hydrogen) atoms. The summed E-state index contributed by atoms with van der Waals surface area (Å²) in [6.45, 7) is 6.50. The maximum absolute atomic E-state index is 13.2. The topological polar surface area (TPSA) is 59.0 Å². The molecule has 1 aliphatic heterocycles. The quantitative estimate of drug-likeness (QED) is 0.855. The number of hydrogen-bond donors (Lipinski definition) is 1. The number of aliphatic hydroxyl groups is 1. The van der Waals surface area contributed by atoms with Crippen LogP contribution in [0.5, 0.6) is 11.5 Å². The largest absolute Gasteiger partial charge is 0.493 e. The zero-order chi connectivity index (χ0) is 18.4. The minimum Gasteiger partial charge on any atom is -0.493 e. The first-order valence-corrected chi connectivity index (χ1v) is 11.7. The van der Waals surface area contributed by atoms with Crippen molar-refractivity contribution in [3.05, 3.63) is 47.5 Å². The number of ether oxygens (including phenoxy) is 2. The smallest absolute Gasteiger partial charge is 0.261 e. The van der Waals surface area contributed by atoms with E-state index in [0.29, 0.717) is 28.3 Å². The number of benzene rings is 2. The van der Waals surface area contributed by atoms with Gasteiger partial charge in [-0.25, -0.2) is 0 Å². The molecular weight excluding hydrogens is 334 g/mol. The lowest BCUT2D eigenvalue weighted by atomic mass is 10.1. The van der Waals surface area contributed by atoms with Crippen molar-refractivity contribution in [2.45, 2.75) is 25.9 Å². The van der Waals surface area contributed by atoms with Crippen molar-refractivity contribution < 1.29 is 19.4 Å². The van der Waals surface area contributed by atoms with Gasteiger partial charge in [-0.15, -0.1) is 0 Å². The molecule has 3 rings (SSSR count). The standard InChI is InChI=1S/C19H23NO4Si/c1-23-13-11-14(25(3,4)5)15-16(17(13)24-2)19(22)20(18(15)21)12-9-7-6-8-10-12/h6-11,19,22H,1-5H3. The Bertz CT molecular complexity index is 814. The van der Waals surface area contributed by atoms with E-state index in [9.17, 15) is 9.90 Å². The lowest BCUT2D eigenvalue weighted by Crippen LogP contribution is -2.42. The van der Waals surface area contributed by atoms with Gasteiger partial charge in [0, 0.05) is 5.69 Å². The van der Waals surface area contributed by atoms with Crippen LogP contribution < -0.4 is 19.6 Å². The zero-order valence-electron chi connectivity index (χ0n) is 15.2. The number of carbonyl (C=O) groups is 1. The van der Waals surface area contributed by atoms with Crippen LogP contribution in [0.4, 0.5) is 5.69 Å². The number of fused-ring (bicyclic) bond motifs is 1. The number of nitrogens with zero attached hydrogens (tertiary/aromatic N) is 1. The van der Waals surface area contributed by atoms with Gasteiger partial charge in [0.2, 0.25) is 0 Å². The molecule has 1 amide bonds. The first kappa shape index (κ1) is 17.5. The number of rotatable bonds is 4. The Morgan fingerprint density at radius 1 is 1.08 bits per heavy atom. The van der Waals surface area contributed by atoms with Gasteiger partial charge in [0.25, 0.3) is 5.91 Å². The van der Waals surface area contributed by atoms with Crippen molar-refractivity contribution >= 4 is 24.9 Å². The predicted octanol–water partition coefficient (Wildman–Crippen LogP) is 2.90. The van der Waals surface area contributed by atoms with Crippen molar-refractivity contribution in [3.8, 4) is 11.5 Å². The maximum Gasteiger partial charge on any atom is 0.261 e. The van der Waals surface area contributed by atoms with Crippen LogP contribution in [0, 0.1) is 0 Å². The molecule has 0 saturated carbocycles. The summed E-state index contributed by atoms with van der Waals surface area (Å²) in [5.41, 5.74) is 1.69. The molecule has 132 valence electrons. The molecule has 2 aromatic carbocycles. The summed E-state index contributed by atoms with van der Waals surface area (Å²) in [5.74, 6) is 0.756. The summed E-state index contributed by atoms with van der Waals surface area (Å²) in [6, 6.07) is 11.1. The van der Waals surface area contributed by atoms with Crippen LogP contribution in [0.3, 0.4) is 0 Å². The van der Waals surface area contributed by atoms with Gasteiger partial charge in [-0.1, -0.05) is 37.8 Å². The third-order valence-electron chi connectivity index (χ3n) is 4.48. The van der Waals surface area contributed by atoms with Gasteiger partial charge >= 0.3 is 0 Å². The molecule has 0 radical (unpaired) electrons. The van der Waals surface area contributed by atoms with E-state index in [-0.39, 0.29) is 5.91 Å². The molecule has 2 aromatic rings. The van der Waals surface area contributed by atoms with E-state index in [0.717, 1.165) is 5.19 Å². The molecular formula is C19H23NO4Si. The average molecular weight is 357 g/mol. The van der Waals surface area contributed by atoms with E-state index >= 15 is 0 Å². The Kier molecular flexibility index (Phi) is 4.34. The molecule has 1 aliphatic rings. The van der Waals surface area contributed by atoms with Crippen molar-refractivity contribution in [1.82, 2.24) is 0 Å². The van der Waals surface area contributed by atoms with E-state index in [1.54, 1.807) is 7.11 Å². The van der Waals surface area contributed by atoms with Gasteiger partial charge in [-0.3, -0.25) is 9.69 Å². The molecule has 0 spiro atoms. The van der Waals surface area contributed by atoms with Gasteiger partial charge in [0.15, 0.2) is 17.7 Å². The minimum absolute atomic E-state index is 0.202. The number of anilines is 1. The monoisotopic (exact) mass is 357 g/mol. The second kappa shape index (κ2) is 6.20. The van der Waals surface area contributed by atoms with Gasteiger partial charge in [-0.05, 0) is 23.4 Å². The van der Waals surface area contributed by atoms with Crippen molar-refractivity contribution in [3.63, 3.8) is 0 Å². The third kappa shape index (κ3) is 2.71. The highest BCUT2D eigenvalue weighted by molar-refractivity contribution is 6.89. The summed E-state index contributed by atoms with van der Waals surface area (Å²) < 4.78 is 11.0. The Balaban J connectivity index is 2.30. The van der Waals surface area contributed by atoms with Crippen molar-refractivity contribution in [1.29, 1.82) is 0 Å². The van der Waals surface area contributed by atoms with E-state index < -0.39 is 14.3 Å². The molecule has 1 unspecified atom stereocenters. The van der Waals surface area contributed by atoms with Crippen LogP contribution in [0.25, 0.3) is 0 Å². The van der Waals surface area contributed by atoms with Gasteiger partial charge < -0.3 is 14.6 Å². The summed E-state index contributed by atoms with van der Waals surface area (Å²) in [6.07, 6.45) is -1.11. The van der Waals surface area contributed by atoms with Crippen LogP contribution in [-0.4, -0.2) is 33.3 Å². The number of para-hydroxylation sites is 1. The third-order valence-corrected chi connectivity index (χ3v) is 6.49. The Hall–Kier alpha value is -2.31. The summed E-state index contributed by atoms with van der Waals surface area (Å²) in [7, 11) is 1.22. The second-order valence-electron chi connectivity index (χ2n) is 7.08. The zero-order valence-corrected chi connectivity index (χ0v) is 16.2. The fourth-order valence-corrected chi connectivity index (χ4v) is 4.85. The highest BCUT2D eigenvalue weighted by Crippen LogP contribution is 2.44. The lowest BCUT2D eigenvalue weighted by Gasteiger charge is -2.22. The van der Waals surface area contributed by atoms with Crippen LogP contribution in [0.1, 0.15) is 22.1 Å². The highest BCUT2D eigenvalue weighted by atomic mass is 28.3. The Morgan fingerprint density at radius 2 is 1.72 bits per heavy atom. The van der Waals surface area contributed by atoms with Gasteiger partial charge in [0.05, 0.1) is 33.4 Å². The number of carbonyl (C=O) groups excluding carboxylic acids is 1. The van der Waals surface area contributed by atoms with Crippen LogP contribution in [0.15, 0.2) is 36.4 Å². The Labute approximate surface area is 148 Å². The molecule has 6 heteroatoms. The molecule has 1 heterocycles. The molecule has 5 nitrogen and oxygen atoms in total. The van der Waals surface area contributed by atoms with E-state index in [1.807, 2.05) is 36.4 Å². The molecule has 0 saturated heterocycles. The molecule has 0 aliphatic carbocycles. The highest BCUT2D eigenvalue weighted by Gasteiger charge is 2.44. The van der Waals surface area contributed by atoms with Crippen LogP contribution in [0.2, 0.25) is 19.6 Å². The van der Waals surface area contributed by atoms with E-state index in [1.165, 1.54) is 12.0 Å². The number of amides is 1. The van der Waals surface area contributed by atoms with Crippen LogP contribution >= 0.6 is 0 Å². The molecule has 0 aromatic heterocycles. The molecule has 0 bridgehead atoms. The lowest BCUT2D eigenvalue weighted by molar-refractivity contribution is 0.0935. The second-order valence-corrected chi connectivity index (χ2v) is 12.1. The van der Waals surface area contributed by atoms with Crippen molar-refractivity contribution in [2.24, 2.45) is 0 Å². The van der Waals surface area contributed by atoms with Crippen LogP contribution in [-0.2, 0) is 0 Å². The van der Waals surface area contributed by atoms with E-state index in [2.05, 4.69) is 19.6 Å². The predicted molar refractivity (Wildman–Crippen MR) is 101 cm³/mol. The molecule has 1 atom stereocenters.